The number of hydrogen-bond donors (Lipinski definition) is 1. The van der Waals surface area contributed by atoms with Crippen molar-refractivity contribution in [2.45, 2.75) is 19.6 Å². The van der Waals surface area contributed by atoms with E-state index in [4.69, 9.17) is 5.11 Å². The lowest BCUT2D eigenvalue weighted by Gasteiger charge is -2.25. The van der Waals surface area contributed by atoms with Gasteiger partial charge in [-0.25, -0.2) is 0 Å². The average molecular weight is 140 g/mol. The molecule has 0 aliphatic carbocycles. The summed E-state index contributed by atoms with van der Waals surface area (Å²) in [6.45, 7) is 3.49. The minimum Gasteiger partial charge on any atom is -0.376 e. The summed E-state index contributed by atoms with van der Waals surface area (Å²) in [5, 5.41) is 9.02. The van der Waals surface area contributed by atoms with E-state index in [0.29, 0.717) is 0 Å². The molecule has 0 fully saturated rings. The Morgan fingerprint density at radius 3 is 1.38 bits per heavy atom. The van der Waals surface area contributed by atoms with E-state index in [1.807, 2.05) is 14.1 Å². The maximum Gasteiger partial charge on any atom is 0.112 e. The molecule has 0 aromatic heterocycles. The van der Waals surface area contributed by atoms with Crippen molar-refractivity contribution in [3.8, 4) is 0 Å². The molecule has 0 unspecified atom stereocenters. The zero-order valence-corrected chi connectivity index (χ0v) is 6.62. The standard InChI is InChI=1S/C5H13NO.ClH/c1-5(2,7)6(3)4;/h7H,1-4H3;1H. The third kappa shape index (κ3) is 4.37. The van der Waals surface area contributed by atoms with Crippen LogP contribution >= 0.6 is 12.4 Å². The molecule has 0 saturated heterocycles. The van der Waals surface area contributed by atoms with Gasteiger partial charge in [-0.2, -0.15) is 0 Å². The second-order valence-corrected chi connectivity index (χ2v) is 2.39. The maximum absolute atomic E-state index is 9.02. The van der Waals surface area contributed by atoms with E-state index < -0.39 is 5.72 Å². The Bertz CT molecular complexity index is 57.9. The van der Waals surface area contributed by atoms with E-state index in [1.54, 1.807) is 18.7 Å². The van der Waals surface area contributed by atoms with Gasteiger partial charge in [-0.3, -0.25) is 4.90 Å². The van der Waals surface area contributed by atoms with Crippen LogP contribution in [0.5, 0.6) is 0 Å². The van der Waals surface area contributed by atoms with Gasteiger partial charge in [-0.15, -0.1) is 12.4 Å². The highest BCUT2D eigenvalue weighted by atomic mass is 35.5. The van der Waals surface area contributed by atoms with Crippen molar-refractivity contribution in [1.82, 2.24) is 4.90 Å². The lowest BCUT2D eigenvalue weighted by atomic mass is 10.3. The summed E-state index contributed by atoms with van der Waals surface area (Å²) < 4.78 is 0. The molecule has 0 amide bonds. The van der Waals surface area contributed by atoms with Crippen molar-refractivity contribution < 1.29 is 5.11 Å². The largest absolute Gasteiger partial charge is 0.376 e. The number of rotatable bonds is 1. The van der Waals surface area contributed by atoms with Gasteiger partial charge < -0.3 is 5.11 Å². The van der Waals surface area contributed by atoms with Gasteiger partial charge in [0.2, 0.25) is 0 Å². The third-order valence-corrected chi connectivity index (χ3v) is 1.09. The lowest BCUT2D eigenvalue weighted by Crippen LogP contribution is -2.37. The van der Waals surface area contributed by atoms with Crippen LogP contribution in [0.25, 0.3) is 0 Å². The van der Waals surface area contributed by atoms with Crippen molar-refractivity contribution in [2.24, 2.45) is 0 Å². The Morgan fingerprint density at radius 1 is 1.25 bits per heavy atom. The van der Waals surface area contributed by atoms with E-state index in [-0.39, 0.29) is 12.4 Å². The van der Waals surface area contributed by atoms with Crippen LogP contribution in [-0.4, -0.2) is 29.8 Å². The molecule has 52 valence electrons. The highest BCUT2D eigenvalue weighted by Gasteiger charge is 2.13. The number of halogens is 1. The van der Waals surface area contributed by atoms with E-state index in [0.717, 1.165) is 0 Å². The summed E-state index contributed by atoms with van der Waals surface area (Å²) in [4.78, 5) is 1.74. The molecule has 0 rings (SSSR count). The van der Waals surface area contributed by atoms with Gasteiger partial charge in [0.1, 0.15) is 5.72 Å². The Morgan fingerprint density at radius 2 is 1.38 bits per heavy atom. The Kier molecular flexibility index (Phi) is 4.53. The predicted molar refractivity (Wildman–Crippen MR) is 37.2 cm³/mol. The molecule has 0 radical (unpaired) electrons. The number of nitrogens with zero attached hydrogens (tertiary/aromatic N) is 1. The van der Waals surface area contributed by atoms with E-state index in [1.165, 1.54) is 0 Å². The van der Waals surface area contributed by atoms with Crippen LogP contribution in [0.2, 0.25) is 0 Å². The number of hydrogen-bond acceptors (Lipinski definition) is 2. The van der Waals surface area contributed by atoms with E-state index in [2.05, 4.69) is 0 Å². The summed E-state index contributed by atoms with van der Waals surface area (Å²) in [6.07, 6.45) is 0. The molecule has 2 nitrogen and oxygen atoms in total. The normalized spacial score (nSPS) is 11.2. The first-order valence-corrected chi connectivity index (χ1v) is 2.34. The van der Waals surface area contributed by atoms with Gasteiger partial charge in [0.15, 0.2) is 0 Å². The second kappa shape index (κ2) is 3.28. The monoisotopic (exact) mass is 139 g/mol. The first-order chi connectivity index (χ1) is 2.94. The summed E-state index contributed by atoms with van der Waals surface area (Å²) >= 11 is 0. The number of aliphatic hydroxyl groups is 1. The topological polar surface area (TPSA) is 23.5 Å². The van der Waals surface area contributed by atoms with Gasteiger partial charge in [0.05, 0.1) is 0 Å². The van der Waals surface area contributed by atoms with Gasteiger partial charge >= 0.3 is 0 Å². The molecule has 0 aromatic carbocycles. The molecule has 0 aromatic rings. The molecule has 1 N–H and O–H groups in total. The van der Waals surface area contributed by atoms with E-state index >= 15 is 0 Å². The van der Waals surface area contributed by atoms with Crippen LogP contribution in [0.15, 0.2) is 0 Å². The van der Waals surface area contributed by atoms with Gasteiger partial charge in [-0.1, -0.05) is 0 Å². The summed E-state index contributed by atoms with van der Waals surface area (Å²) in [7, 11) is 3.67. The SMILES string of the molecule is CN(C)C(C)(C)O.Cl. The van der Waals surface area contributed by atoms with Crippen molar-refractivity contribution in [1.29, 1.82) is 0 Å². The summed E-state index contributed by atoms with van der Waals surface area (Å²) in [5.74, 6) is 0. The molecular weight excluding hydrogens is 126 g/mol. The summed E-state index contributed by atoms with van der Waals surface area (Å²) in [6, 6.07) is 0. The van der Waals surface area contributed by atoms with Crippen LogP contribution in [-0.2, 0) is 0 Å². The summed E-state index contributed by atoms with van der Waals surface area (Å²) in [5.41, 5.74) is -0.667. The first-order valence-electron chi connectivity index (χ1n) is 2.34. The zero-order valence-electron chi connectivity index (χ0n) is 5.80. The van der Waals surface area contributed by atoms with Crippen LogP contribution in [0.1, 0.15) is 13.8 Å². The fourth-order valence-corrected chi connectivity index (χ4v) is 0. The highest BCUT2D eigenvalue weighted by Crippen LogP contribution is 2.01. The molecule has 0 atom stereocenters. The van der Waals surface area contributed by atoms with Crippen LogP contribution < -0.4 is 0 Å². The fraction of sp³-hybridized carbons (Fsp3) is 1.00. The van der Waals surface area contributed by atoms with E-state index in [9.17, 15) is 0 Å². The van der Waals surface area contributed by atoms with Crippen LogP contribution in [0, 0.1) is 0 Å². The molecule has 8 heavy (non-hydrogen) atoms. The Balaban J connectivity index is 0. The molecule has 0 aliphatic heterocycles. The fourth-order valence-electron chi connectivity index (χ4n) is 0. The van der Waals surface area contributed by atoms with Crippen molar-refractivity contribution in [3.63, 3.8) is 0 Å². The second-order valence-electron chi connectivity index (χ2n) is 2.39. The third-order valence-electron chi connectivity index (χ3n) is 1.09. The molecule has 0 heterocycles. The lowest BCUT2D eigenvalue weighted by molar-refractivity contribution is -0.0480. The quantitative estimate of drug-likeness (QED) is 0.541. The molecule has 0 bridgehead atoms. The molecule has 0 saturated carbocycles. The Hall–Kier alpha value is 0.210. The van der Waals surface area contributed by atoms with Crippen molar-refractivity contribution in [3.05, 3.63) is 0 Å². The van der Waals surface area contributed by atoms with Gasteiger partial charge in [0.25, 0.3) is 0 Å². The Labute approximate surface area is 56.9 Å². The van der Waals surface area contributed by atoms with Crippen molar-refractivity contribution >= 4 is 12.4 Å². The van der Waals surface area contributed by atoms with Gasteiger partial charge in [-0.05, 0) is 27.9 Å². The maximum atomic E-state index is 9.02. The molecular formula is C5H14ClNO. The molecule has 0 aliphatic rings. The minimum absolute atomic E-state index is 0. The highest BCUT2D eigenvalue weighted by molar-refractivity contribution is 5.85. The average Bonchev–Trinajstić information content (AvgIpc) is 1.31. The van der Waals surface area contributed by atoms with Crippen LogP contribution in [0.4, 0.5) is 0 Å². The molecule has 3 heteroatoms. The van der Waals surface area contributed by atoms with Gasteiger partial charge in [0, 0.05) is 0 Å². The molecule has 0 spiro atoms. The smallest absolute Gasteiger partial charge is 0.112 e. The minimum atomic E-state index is -0.667. The van der Waals surface area contributed by atoms with Crippen molar-refractivity contribution in [2.75, 3.05) is 14.1 Å². The van der Waals surface area contributed by atoms with Crippen LogP contribution in [0.3, 0.4) is 0 Å². The first kappa shape index (κ1) is 11.1. The predicted octanol–water partition coefficient (Wildman–Crippen LogP) is 0.698. The zero-order chi connectivity index (χ0) is 6.08.